The van der Waals surface area contributed by atoms with Crippen LogP contribution < -0.4 is 5.32 Å². The van der Waals surface area contributed by atoms with Crippen LogP contribution in [0.4, 0.5) is 0 Å². The summed E-state index contributed by atoms with van der Waals surface area (Å²) in [5.74, 6) is 0.545. The quantitative estimate of drug-likeness (QED) is 0.804. The fourth-order valence-electron chi connectivity index (χ4n) is 2.37. The van der Waals surface area contributed by atoms with Crippen molar-refractivity contribution in [1.29, 1.82) is 0 Å². The predicted molar refractivity (Wildman–Crippen MR) is 84.8 cm³/mol. The van der Waals surface area contributed by atoms with Gasteiger partial charge in [-0.25, -0.2) is 0 Å². The summed E-state index contributed by atoms with van der Waals surface area (Å²) in [6.45, 7) is 0.476. The maximum atomic E-state index is 12.2. The predicted octanol–water partition coefficient (Wildman–Crippen LogP) is 2.89. The number of aromatic nitrogens is 3. The number of carbonyl (C=O) groups excluding carboxylic acids is 1. The minimum atomic E-state index is -0.110. The van der Waals surface area contributed by atoms with Gasteiger partial charge >= 0.3 is 0 Å². The summed E-state index contributed by atoms with van der Waals surface area (Å²) >= 11 is 1.15. The molecule has 1 aliphatic carbocycles. The molecule has 0 radical (unpaired) electrons. The Labute approximate surface area is 131 Å². The van der Waals surface area contributed by atoms with Crippen molar-refractivity contribution in [3.63, 3.8) is 0 Å². The molecule has 0 bridgehead atoms. The van der Waals surface area contributed by atoms with Crippen LogP contribution in [0.15, 0.2) is 36.5 Å². The van der Waals surface area contributed by atoms with Crippen molar-refractivity contribution >= 4 is 28.7 Å². The molecule has 1 amide bonds. The molecule has 0 aliphatic heterocycles. The molecule has 5 nitrogen and oxygen atoms in total. The fraction of sp³-hybridized carbons (Fsp3) is 0.250. The molecule has 0 spiro atoms. The van der Waals surface area contributed by atoms with E-state index in [1.165, 1.54) is 12.8 Å². The molecule has 1 aliphatic rings. The van der Waals surface area contributed by atoms with E-state index < -0.39 is 0 Å². The summed E-state index contributed by atoms with van der Waals surface area (Å²) in [7, 11) is 0. The minimum absolute atomic E-state index is 0.110. The van der Waals surface area contributed by atoms with Crippen molar-refractivity contribution in [2.75, 3.05) is 0 Å². The topological polar surface area (TPSA) is 67.8 Å². The van der Waals surface area contributed by atoms with Crippen molar-refractivity contribution in [2.24, 2.45) is 0 Å². The van der Waals surface area contributed by atoms with Gasteiger partial charge in [0, 0.05) is 29.9 Å². The van der Waals surface area contributed by atoms with Crippen molar-refractivity contribution in [3.05, 3.63) is 53.3 Å². The smallest absolute Gasteiger partial charge is 0.251 e. The van der Waals surface area contributed by atoms with E-state index in [0.29, 0.717) is 18.0 Å². The van der Waals surface area contributed by atoms with Gasteiger partial charge < -0.3 is 5.32 Å². The summed E-state index contributed by atoms with van der Waals surface area (Å²) in [5.41, 5.74) is 4.35. The Balaban J connectivity index is 1.42. The van der Waals surface area contributed by atoms with Crippen molar-refractivity contribution in [1.82, 2.24) is 19.0 Å². The summed E-state index contributed by atoms with van der Waals surface area (Å²) in [4.78, 5) is 16.6. The number of nitrogens with one attached hydrogen (secondary N) is 1. The van der Waals surface area contributed by atoms with Crippen LogP contribution in [0.3, 0.4) is 0 Å². The Hall–Kier alpha value is -2.34. The Morgan fingerprint density at radius 3 is 2.82 bits per heavy atom. The van der Waals surface area contributed by atoms with Gasteiger partial charge in [0.1, 0.15) is 11.0 Å². The molecule has 1 saturated carbocycles. The first kappa shape index (κ1) is 13.3. The minimum Gasteiger partial charge on any atom is -0.348 e. The molecule has 4 rings (SSSR count). The number of hydrogen-bond donors (Lipinski definition) is 1. The van der Waals surface area contributed by atoms with Crippen molar-refractivity contribution in [3.8, 4) is 0 Å². The van der Waals surface area contributed by atoms with Gasteiger partial charge in [-0.3, -0.25) is 9.78 Å². The molecular weight excluding hydrogens is 296 g/mol. The van der Waals surface area contributed by atoms with E-state index in [2.05, 4.69) is 25.1 Å². The SMILES string of the molecule is O=C(NCc1ccc(C2CC2)nc1)c1ccc2nsnc2c1. The first-order valence-electron chi connectivity index (χ1n) is 7.25. The lowest BCUT2D eigenvalue weighted by atomic mass is 10.1. The number of carbonyl (C=O) groups is 1. The van der Waals surface area contributed by atoms with Gasteiger partial charge in [0.25, 0.3) is 5.91 Å². The first-order valence-corrected chi connectivity index (χ1v) is 7.98. The Kier molecular flexibility index (Phi) is 3.31. The van der Waals surface area contributed by atoms with Crippen LogP contribution in [-0.4, -0.2) is 19.6 Å². The van der Waals surface area contributed by atoms with E-state index in [1.807, 2.05) is 18.3 Å². The third-order valence-corrected chi connectivity index (χ3v) is 4.37. The molecule has 0 atom stereocenters. The number of rotatable bonds is 4. The van der Waals surface area contributed by atoms with Crippen LogP contribution in [-0.2, 0) is 6.54 Å². The highest BCUT2D eigenvalue weighted by Crippen LogP contribution is 2.38. The van der Waals surface area contributed by atoms with Gasteiger partial charge in [-0.1, -0.05) is 6.07 Å². The van der Waals surface area contributed by atoms with Crippen LogP contribution >= 0.6 is 11.7 Å². The molecule has 1 N–H and O–H groups in total. The van der Waals surface area contributed by atoms with Crippen LogP contribution in [0.25, 0.3) is 11.0 Å². The molecule has 1 aromatic carbocycles. The van der Waals surface area contributed by atoms with E-state index in [4.69, 9.17) is 0 Å². The second-order valence-electron chi connectivity index (χ2n) is 5.52. The maximum absolute atomic E-state index is 12.2. The summed E-state index contributed by atoms with van der Waals surface area (Å²) in [6, 6.07) is 9.45. The lowest BCUT2D eigenvalue weighted by molar-refractivity contribution is 0.0951. The summed E-state index contributed by atoms with van der Waals surface area (Å²) in [5, 5.41) is 2.91. The molecular formula is C16H14N4OS. The maximum Gasteiger partial charge on any atom is 0.251 e. The Morgan fingerprint density at radius 1 is 1.18 bits per heavy atom. The monoisotopic (exact) mass is 310 g/mol. The van der Waals surface area contributed by atoms with E-state index in [9.17, 15) is 4.79 Å². The molecule has 2 heterocycles. The lowest BCUT2D eigenvalue weighted by Gasteiger charge is -2.06. The third kappa shape index (κ3) is 2.69. The average Bonchev–Trinajstić information content (AvgIpc) is 3.30. The average molecular weight is 310 g/mol. The number of fused-ring (bicyclic) bond motifs is 1. The van der Waals surface area contributed by atoms with E-state index in [0.717, 1.165) is 34.0 Å². The zero-order valence-corrected chi connectivity index (χ0v) is 12.6. The van der Waals surface area contributed by atoms with Gasteiger partial charge in [0.05, 0.1) is 11.7 Å². The normalized spacial score (nSPS) is 14.2. The number of amides is 1. The second-order valence-corrected chi connectivity index (χ2v) is 6.04. The highest BCUT2D eigenvalue weighted by atomic mass is 32.1. The van der Waals surface area contributed by atoms with Gasteiger partial charge in [-0.2, -0.15) is 8.75 Å². The molecule has 0 saturated heterocycles. The lowest BCUT2D eigenvalue weighted by Crippen LogP contribution is -2.22. The number of pyridine rings is 1. The van der Waals surface area contributed by atoms with Gasteiger partial charge in [-0.15, -0.1) is 0 Å². The Bertz CT molecular complexity index is 824. The van der Waals surface area contributed by atoms with Crippen LogP contribution in [0.1, 0.15) is 40.4 Å². The molecule has 2 aromatic heterocycles. The molecule has 0 unspecified atom stereocenters. The molecule has 6 heteroatoms. The number of nitrogens with zero attached hydrogens (tertiary/aromatic N) is 3. The molecule has 3 aromatic rings. The number of hydrogen-bond acceptors (Lipinski definition) is 5. The highest BCUT2D eigenvalue weighted by Gasteiger charge is 2.24. The molecule has 22 heavy (non-hydrogen) atoms. The standard InChI is InChI=1S/C16H14N4OS/c21-16(12-4-6-14-15(7-12)20-22-19-14)18-9-10-1-5-13(17-8-10)11-2-3-11/h1,4-8,11H,2-3,9H2,(H,18,21). The summed E-state index contributed by atoms with van der Waals surface area (Å²) < 4.78 is 8.28. The van der Waals surface area contributed by atoms with E-state index in [1.54, 1.807) is 12.1 Å². The summed E-state index contributed by atoms with van der Waals surface area (Å²) in [6.07, 6.45) is 4.34. The highest BCUT2D eigenvalue weighted by molar-refractivity contribution is 7.00. The second kappa shape index (κ2) is 5.46. The zero-order valence-electron chi connectivity index (χ0n) is 11.8. The fourth-order valence-corrected chi connectivity index (χ4v) is 2.89. The first-order chi connectivity index (χ1) is 10.8. The largest absolute Gasteiger partial charge is 0.348 e. The van der Waals surface area contributed by atoms with E-state index in [-0.39, 0.29) is 5.91 Å². The Morgan fingerprint density at radius 2 is 2.05 bits per heavy atom. The number of benzene rings is 1. The third-order valence-electron chi connectivity index (χ3n) is 3.81. The van der Waals surface area contributed by atoms with Crippen LogP contribution in [0.5, 0.6) is 0 Å². The van der Waals surface area contributed by atoms with Gasteiger partial charge in [0.2, 0.25) is 0 Å². The molecule has 110 valence electrons. The van der Waals surface area contributed by atoms with Crippen LogP contribution in [0, 0.1) is 0 Å². The molecule has 1 fully saturated rings. The van der Waals surface area contributed by atoms with Gasteiger partial charge in [0.15, 0.2) is 0 Å². The van der Waals surface area contributed by atoms with Crippen molar-refractivity contribution in [2.45, 2.75) is 25.3 Å². The van der Waals surface area contributed by atoms with Gasteiger partial charge in [-0.05, 0) is 42.7 Å². The van der Waals surface area contributed by atoms with E-state index >= 15 is 0 Å². The van der Waals surface area contributed by atoms with Crippen molar-refractivity contribution < 1.29 is 4.79 Å². The van der Waals surface area contributed by atoms with Crippen LogP contribution in [0.2, 0.25) is 0 Å². The zero-order chi connectivity index (χ0) is 14.9.